The molecule has 0 radical (unpaired) electrons. The third kappa shape index (κ3) is 7.44. The zero-order chi connectivity index (χ0) is 11.8. The first-order valence-corrected chi connectivity index (χ1v) is 4.62. The maximum atomic E-state index is 10.9. The largest absolute Gasteiger partial charge is 0.410 e. The summed E-state index contributed by atoms with van der Waals surface area (Å²) in [6, 6.07) is -1.17. The first kappa shape index (κ1) is 13.4. The molecule has 0 saturated carbocycles. The zero-order valence-electron chi connectivity index (χ0n) is 8.66. The third-order valence-corrected chi connectivity index (χ3v) is 1.76. The van der Waals surface area contributed by atoms with E-state index in [1.54, 1.807) is 0 Å². The van der Waals surface area contributed by atoms with Crippen LogP contribution in [0.5, 0.6) is 0 Å². The number of nitrogens with two attached hydrogens (primary N) is 3. The summed E-state index contributed by atoms with van der Waals surface area (Å²) < 4.78 is 0. The Labute approximate surface area is 87.6 Å². The molecule has 0 fully saturated rings. The molecule has 0 unspecified atom stereocenters. The van der Waals surface area contributed by atoms with Crippen LogP contribution >= 0.6 is 0 Å². The van der Waals surface area contributed by atoms with Gasteiger partial charge in [-0.2, -0.15) is 0 Å². The van der Waals surface area contributed by atoms with Crippen molar-refractivity contribution in [1.82, 2.24) is 5.32 Å². The summed E-state index contributed by atoms with van der Waals surface area (Å²) in [5.41, 5.74) is 9.97. The van der Waals surface area contributed by atoms with Crippen LogP contribution in [0.25, 0.3) is 0 Å². The van der Waals surface area contributed by atoms with Gasteiger partial charge < -0.3 is 16.8 Å². The van der Waals surface area contributed by atoms with E-state index in [-0.39, 0.29) is 5.91 Å². The standard InChI is InChI=1S/C8H16N4O3/c1-5(13)12-6(7(9)14)3-2-4-11-8(10)15/h6H,2-4H2,1H3,(H2,9,14)(H,12,13)(H3,10,11,15)/p+1/t6-/m0/s1. The molecule has 0 saturated heterocycles. The Hall–Kier alpha value is -1.63. The maximum Gasteiger partial charge on any atom is 0.410 e. The highest BCUT2D eigenvalue weighted by Gasteiger charge is 2.15. The van der Waals surface area contributed by atoms with E-state index in [9.17, 15) is 14.4 Å². The Bertz CT molecular complexity index is 254. The van der Waals surface area contributed by atoms with E-state index in [0.717, 1.165) is 0 Å². The van der Waals surface area contributed by atoms with Gasteiger partial charge in [-0.25, -0.2) is 4.79 Å². The number of hydrogen-bond acceptors (Lipinski definition) is 3. The molecule has 0 aliphatic carbocycles. The smallest absolute Gasteiger partial charge is 0.368 e. The van der Waals surface area contributed by atoms with Gasteiger partial charge in [0.1, 0.15) is 6.04 Å². The number of hydrogen-bond donors (Lipinski definition) is 4. The highest BCUT2D eigenvalue weighted by Crippen LogP contribution is 1.94. The molecule has 0 aromatic rings. The van der Waals surface area contributed by atoms with Crippen LogP contribution in [0.3, 0.4) is 0 Å². The lowest BCUT2D eigenvalue weighted by atomic mass is 10.1. The summed E-state index contributed by atoms with van der Waals surface area (Å²) in [5, 5.41) is 3.75. The molecular formula is C8H17N4O3+. The summed E-state index contributed by atoms with van der Waals surface area (Å²) in [5.74, 6) is -0.887. The van der Waals surface area contributed by atoms with E-state index < -0.39 is 18.0 Å². The number of primary amides is 3. The molecule has 86 valence electrons. The summed E-state index contributed by atoms with van der Waals surface area (Å²) in [4.78, 5) is 31.9. The van der Waals surface area contributed by atoms with Gasteiger partial charge in [0.15, 0.2) is 0 Å². The van der Waals surface area contributed by atoms with Crippen molar-refractivity contribution < 1.29 is 19.7 Å². The Morgan fingerprint density at radius 2 is 1.93 bits per heavy atom. The van der Waals surface area contributed by atoms with Gasteiger partial charge in [0.05, 0.1) is 6.54 Å². The van der Waals surface area contributed by atoms with E-state index in [1.807, 2.05) is 0 Å². The quantitative estimate of drug-likeness (QED) is 0.363. The predicted octanol–water partition coefficient (Wildman–Crippen LogP) is -2.60. The number of carbonyl (C=O) groups excluding carboxylic acids is 3. The second kappa shape index (κ2) is 6.77. The van der Waals surface area contributed by atoms with Crippen LogP contribution in [0.2, 0.25) is 0 Å². The number of amides is 4. The molecule has 1 atom stereocenters. The average Bonchev–Trinajstić information content (AvgIpc) is 2.08. The maximum absolute atomic E-state index is 10.9. The summed E-state index contributed by atoms with van der Waals surface area (Å²) in [7, 11) is 0. The van der Waals surface area contributed by atoms with Crippen LogP contribution in [0.4, 0.5) is 4.79 Å². The lowest BCUT2D eigenvalue weighted by molar-refractivity contribution is -0.554. The lowest BCUT2D eigenvalue weighted by Crippen LogP contribution is -2.90. The van der Waals surface area contributed by atoms with Crippen LogP contribution < -0.4 is 22.1 Å². The average molecular weight is 217 g/mol. The van der Waals surface area contributed by atoms with Crippen LogP contribution in [0.15, 0.2) is 0 Å². The van der Waals surface area contributed by atoms with Crippen molar-refractivity contribution in [2.75, 3.05) is 6.54 Å². The van der Waals surface area contributed by atoms with Gasteiger partial charge in [0.2, 0.25) is 11.8 Å². The number of carbonyl (C=O) groups is 3. The molecule has 0 aliphatic heterocycles. The lowest BCUT2D eigenvalue weighted by Gasteiger charge is -2.12. The summed E-state index contributed by atoms with van der Waals surface area (Å²) in [6.45, 7) is 1.78. The van der Waals surface area contributed by atoms with Crippen molar-refractivity contribution in [2.24, 2.45) is 11.5 Å². The molecule has 7 N–H and O–H groups in total. The molecule has 4 amide bonds. The van der Waals surface area contributed by atoms with Gasteiger partial charge in [-0.15, -0.1) is 0 Å². The SMILES string of the molecule is CC(=O)N[C@@H](CCC[NH2+]C(N)=O)C(N)=O. The van der Waals surface area contributed by atoms with Crippen LogP contribution in [0.1, 0.15) is 19.8 Å². The minimum Gasteiger partial charge on any atom is -0.368 e. The fraction of sp³-hybridized carbons (Fsp3) is 0.625. The number of quaternary nitrogens is 1. The molecular weight excluding hydrogens is 200 g/mol. The van der Waals surface area contributed by atoms with E-state index in [2.05, 4.69) is 5.32 Å². The monoisotopic (exact) mass is 217 g/mol. The molecule has 0 rings (SSSR count). The Balaban J connectivity index is 3.81. The van der Waals surface area contributed by atoms with Gasteiger partial charge >= 0.3 is 6.03 Å². The molecule has 7 nitrogen and oxygen atoms in total. The van der Waals surface area contributed by atoms with Crippen LogP contribution in [-0.4, -0.2) is 30.4 Å². The Kier molecular flexibility index (Phi) is 6.03. The molecule has 0 bridgehead atoms. The summed E-state index contributed by atoms with van der Waals surface area (Å²) in [6.07, 6.45) is 0.968. The zero-order valence-corrected chi connectivity index (χ0v) is 8.66. The molecule has 0 aromatic heterocycles. The van der Waals surface area contributed by atoms with E-state index in [4.69, 9.17) is 11.5 Å². The second-order valence-corrected chi connectivity index (χ2v) is 3.19. The molecule has 0 aliphatic rings. The van der Waals surface area contributed by atoms with Crippen molar-refractivity contribution in [2.45, 2.75) is 25.8 Å². The van der Waals surface area contributed by atoms with Crippen LogP contribution in [0, 0.1) is 0 Å². The first-order valence-electron chi connectivity index (χ1n) is 4.62. The molecule has 0 aromatic carbocycles. The third-order valence-electron chi connectivity index (χ3n) is 1.76. The molecule has 0 heterocycles. The minimum absolute atomic E-state index is 0.308. The Morgan fingerprint density at radius 1 is 1.33 bits per heavy atom. The van der Waals surface area contributed by atoms with Crippen molar-refractivity contribution in [3.05, 3.63) is 0 Å². The molecule has 15 heavy (non-hydrogen) atoms. The van der Waals surface area contributed by atoms with Gasteiger partial charge in [0.25, 0.3) is 0 Å². The van der Waals surface area contributed by atoms with E-state index in [1.165, 1.54) is 12.2 Å². The molecule has 7 heteroatoms. The normalized spacial score (nSPS) is 11.8. The van der Waals surface area contributed by atoms with E-state index >= 15 is 0 Å². The van der Waals surface area contributed by atoms with Crippen molar-refractivity contribution in [3.63, 3.8) is 0 Å². The summed E-state index contributed by atoms with van der Waals surface area (Å²) >= 11 is 0. The minimum atomic E-state index is -0.677. The van der Waals surface area contributed by atoms with Gasteiger partial charge in [-0.05, 0) is 12.8 Å². The second-order valence-electron chi connectivity index (χ2n) is 3.19. The van der Waals surface area contributed by atoms with Gasteiger partial charge in [-0.3, -0.25) is 14.9 Å². The highest BCUT2D eigenvalue weighted by atomic mass is 16.2. The van der Waals surface area contributed by atoms with Gasteiger partial charge in [-0.1, -0.05) is 0 Å². The predicted molar refractivity (Wildman–Crippen MR) is 52.4 cm³/mol. The van der Waals surface area contributed by atoms with Gasteiger partial charge in [0, 0.05) is 6.92 Å². The molecule has 0 spiro atoms. The number of rotatable bonds is 6. The fourth-order valence-electron chi connectivity index (χ4n) is 1.10. The van der Waals surface area contributed by atoms with Crippen LogP contribution in [-0.2, 0) is 9.59 Å². The Morgan fingerprint density at radius 3 is 2.33 bits per heavy atom. The van der Waals surface area contributed by atoms with Crippen molar-refractivity contribution in [3.8, 4) is 0 Å². The topological polar surface area (TPSA) is 132 Å². The first-order chi connectivity index (χ1) is 6.93. The fourth-order valence-corrected chi connectivity index (χ4v) is 1.10. The number of nitrogens with one attached hydrogen (secondary N) is 1. The highest BCUT2D eigenvalue weighted by molar-refractivity contribution is 5.85. The number of urea groups is 1. The van der Waals surface area contributed by atoms with E-state index in [0.29, 0.717) is 19.4 Å². The van der Waals surface area contributed by atoms with Crippen molar-refractivity contribution in [1.29, 1.82) is 0 Å². The van der Waals surface area contributed by atoms with Crippen molar-refractivity contribution >= 4 is 17.8 Å².